The first-order chi connectivity index (χ1) is 11.7. The van der Waals surface area contributed by atoms with E-state index in [0.717, 1.165) is 42.5 Å². The number of nitriles is 1. The number of aromatic nitrogens is 1. The van der Waals surface area contributed by atoms with Gasteiger partial charge in [0, 0.05) is 30.6 Å². The van der Waals surface area contributed by atoms with Crippen LogP contribution in [0, 0.1) is 11.3 Å². The molecule has 0 atom stereocenters. The van der Waals surface area contributed by atoms with Gasteiger partial charge in [-0.05, 0) is 31.0 Å². The predicted octanol–water partition coefficient (Wildman–Crippen LogP) is 2.87. The number of hydrogen-bond acceptors (Lipinski definition) is 4. The average molecular weight is 341 g/mol. The van der Waals surface area contributed by atoms with Gasteiger partial charge in [-0.2, -0.15) is 5.26 Å². The Labute approximate surface area is 147 Å². The van der Waals surface area contributed by atoms with E-state index in [1.54, 1.807) is 17.4 Å². The summed E-state index contributed by atoms with van der Waals surface area (Å²) >= 11 is 1.77. The molecule has 5 nitrogen and oxygen atoms in total. The van der Waals surface area contributed by atoms with Gasteiger partial charge >= 0.3 is 0 Å². The van der Waals surface area contributed by atoms with E-state index in [0.29, 0.717) is 12.1 Å². The molecule has 0 bridgehead atoms. The smallest absolute Gasteiger partial charge is 0.191 e. The van der Waals surface area contributed by atoms with Gasteiger partial charge in [0.2, 0.25) is 0 Å². The second-order valence-corrected chi connectivity index (χ2v) is 6.46. The van der Waals surface area contributed by atoms with E-state index in [1.807, 2.05) is 31.3 Å². The summed E-state index contributed by atoms with van der Waals surface area (Å²) in [5.74, 6) is 0.784. The minimum Gasteiger partial charge on any atom is -0.357 e. The number of aryl methyl sites for hydroxylation is 1. The van der Waals surface area contributed by atoms with Gasteiger partial charge in [0.05, 0.1) is 23.2 Å². The largest absolute Gasteiger partial charge is 0.357 e. The zero-order valence-corrected chi connectivity index (χ0v) is 15.0. The van der Waals surface area contributed by atoms with Gasteiger partial charge in [-0.1, -0.05) is 19.1 Å². The van der Waals surface area contributed by atoms with E-state index in [9.17, 15) is 0 Å². The van der Waals surface area contributed by atoms with Crippen LogP contribution in [0.25, 0.3) is 0 Å². The summed E-state index contributed by atoms with van der Waals surface area (Å²) in [5.41, 5.74) is 1.69. The van der Waals surface area contributed by atoms with Crippen molar-refractivity contribution in [2.24, 2.45) is 4.99 Å². The molecule has 0 fully saturated rings. The van der Waals surface area contributed by atoms with Gasteiger partial charge in [0.1, 0.15) is 0 Å². The third-order valence-electron chi connectivity index (χ3n) is 3.40. The Morgan fingerprint density at radius 2 is 2.21 bits per heavy atom. The molecule has 1 heterocycles. The maximum absolute atomic E-state index is 8.95. The van der Waals surface area contributed by atoms with Crippen molar-refractivity contribution in [3.8, 4) is 6.07 Å². The lowest BCUT2D eigenvalue weighted by atomic mass is 10.1. The topological polar surface area (TPSA) is 73.1 Å². The van der Waals surface area contributed by atoms with Crippen molar-refractivity contribution in [1.29, 1.82) is 5.26 Å². The highest BCUT2D eigenvalue weighted by molar-refractivity contribution is 7.11. The molecule has 0 amide bonds. The summed E-state index contributed by atoms with van der Waals surface area (Å²) in [6.07, 6.45) is 3.89. The highest BCUT2D eigenvalue weighted by Crippen LogP contribution is 2.13. The monoisotopic (exact) mass is 341 g/mol. The summed E-state index contributed by atoms with van der Waals surface area (Å²) in [6.45, 7) is 6.33. The first-order valence-corrected chi connectivity index (χ1v) is 9.01. The highest BCUT2D eigenvalue weighted by Gasteiger charge is 2.02. The van der Waals surface area contributed by atoms with Crippen LogP contribution >= 0.6 is 11.3 Å². The van der Waals surface area contributed by atoms with Crippen molar-refractivity contribution in [2.45, 2.75) is 33.2 Å². The third-order valence-corrected chi connectivity index (χ3v) is 4.60. The number of thiazole rings is 1. The van der Waals surface area contributed by atoms with Crippen molar-refractivity contribution in [3.05, 3.63) is 51.5 Å². The Morgan fingerprint density at radius 1 is 1.33 bits per heavy atom. The molecule has 0 aliphatic rings. The summed E-state index contributed by atoms with van der Waals surface area (Å²) in [6, 6.07) is 9.69. The highest BCUT2D eigenvalue weighted by atomic mass is 32.1. The normalized spacial score (nSPS) is 11.1. The SMILES string of the molecule is CCNC(=NCc1cccc(C#N)c1)NCCc1ncc(CC)s1. The molecule has 0 saturated carbocycles. The zero-order chi connectivity index (χ0) is 17.2. The molecule has 1 aromatic carbocycles. The van der Waals surface area contributed by atoms with Crippen LogP contribution in [0.5, 0.6) is 0 Å². The molecule has 126 valence electrons. The molecule has 0 unspecified atom stereocenters. The number of benzene rings is 1. The summed E-state index contributed by atoms with van der Waals surface area (Å²) in [5, 5.41) is 16.7. The fraction of sp³-hybridized carbons (Fsp3) is 0.389. The quantitative estimate of drug-likeness (QED) is 0.600. The lowest BCUT2D eigenvalue weighted by molar-refractivity contribution is 0.796. The van der Waals surface area contributed by atoms with Crippen LogP contribution in [0.4, 0.5) is 0 Å². The molecular weight excluding hydrogens is 318 g/mol. The molecular formula is C18H23N5S. The van der Waals surface area contributed by atoms with Crippen LogP contribution in [-0.2, 0) is 19.4 Å². The minimum absolute atomic E-state index is 0.544. The second kappa shape index (κ2) is 9.68. The number of nitrogens with zero attached hydrogens (tertiary/aromatic N) is 3. The fourth-order valence-corrected chi connectivity index (χ4v) is 3.03. The maximum atomic E-state index is 8.95. The standard InChI is InChI=1S/C18H23N5S/c1-3-16-13-22-17(24-16)8-9-21-18(20-4-2)23-12-15-7-5-6-14(10-15)11-19/h5-7,10,13H,3-4,8-9,12H2,1-2H3,(H2,20,21,23). The molecule has 2 rings (SSSR count). The van der Waals surface area contributed by atoms with Gasteiger partial charge in [-0.3, -0.25) is 0 Å². The van der Waals surface area contributed by atoms with Crippen molar-refractivity contribution < 1.29 is 0 Å². The first kappa shape index (κ1) is 18.0. The van der Waals surface area contributed by atoms with Gasteiger partial charge in [-0.15, -0.1) is 11.3 Å². The summed E-state index contributed by atoms with van der Waals surface area (Å²) < 4.78 is 0. The van der Waals surface area contributed by atoms with Crippen molar-refractivity contribution in [1.82, 2.24) is 15.6 Å². The van der Waals surface area contributed by atoms with Crippen LogP contribution in [0.1, 0.15) is 34.9 Å². The Balaban J connectivity index is 1.89. The first-order valence-electron chi connectivity index (χ1n) is 8.20. The van der Waals surface area contributed by atoms with E-state index >= 15 is 0 Å². The van der Waals surface area contributed by atoms with E-state index in [4.69, 9.17) is 5.26 Å². The van der Waals surface area contributed by atoms with E-state index in [1.165, 1.54) is 4.88 Å². The van der Waals surface area contributed by atoms with Gasteiger partial charge in [-0.25, -0.2) is 9.98 Å². The Morgan fingerprint density at radius 3 is 2.92 bits per heavy atom. The Hall–Kier alpha value is -2.39. The molecule has 0 saturated heterocycles. The number of guanidine groups is 1. The summed E-state index contributed by atoms with van der Waals surface area (Å²) in [7, 11) is 0. The van der Waals surface area contributed by atoms with Crippen LogP contribution in [-0.4, -0.2) is 24.0 Å². The van der Waals surface area contributed by atoms with Crippen LogP contribution in [0.2, 0.25) is 0 Å². The van der Waals surface area contributed by atoms with Gasteiger partial charge < -0.3 is 10.6 Å². The fourth-order valence-electron chi connectivity index (χ4n) is 2.17. The van der Waals surface area contributed by atoms with E-state index in [2.05, 4.69) is 33.6 Å². The van der Waals surface area contributed by atoms with Gasteiger partial charge in [0.25, 0.3) is 0 Å². The Kier molecular flexibility index (Phi) is 7.24. The minimum atomic E-state index is 0.544. The maximum Gasteiger partial charge on any atom is 0.191 e. The van der Waals surface area contributed by atoms with Gasteiger partial charge in [0.15, 0.2) is 5.96 Å². The molecule has 2 N–H and O–H groups in total. The van der Waals surface area contributed by atoms with Crippen molar-refractivity contribution >= 4 is 17.3 Å². The number of nitrogens with one attached hydrogen (secondary N) is 2. The van der Waals surface area contributed by atoms with E-state index < -0.39 is 0 Å². The van der Waals surface area contributed by atoms with Crippen molar-refractivity contribution in [2.75, 3.05) is 13.1 Å². The number of hydrogen-bond donors (Lipinski definition) is 2. The average Bonchev–Trinajstić information content (AvgIpc) is 3.08. The lowest BCUT2D eigenvalue weighted by Crippen LogP contribution is -2.38. The van der Waals surface area contributed by atoms with Crippen LogP contribution < -0.4 is 10.6 Å². The third kappa shape index (κ3) is 5.67. The molecule has 0 spiro atoms. The molecule has 1 aromatic heterocycles. The zero-order valence-electron chi connectivity index (χ0n) is 14.2. The molecule has 6 heteroatoms. The molecule has 24 heavy (non-hydrogen) atoms. The second-order valence-electron chi connectivity index (χ2n) is 5.26. The van der Waals surface area contributed by atoms with Crippen LogP contribution in [0.3, 0.4) is 0 Å². The molecule has 0 aliphatic carbocycles. The molecule has 0 aliphatic heterocycles. The number of rotatable bonds is 7. The predicted molar refractivity (Wildman–Crippen MR) is 99.2 cm³/mol. The Bertz CT molecular complexity index is 714. The van der Waals surface area contributed by atoms with E-state index in [-0.39, 0.29) is 0 Å². The molecule has 0 radical (unpaired) electrons. The summed E-state index contributed by atoms with van der Waals surface area (Å²) in [4.78, 5) is 10.3. The number of aliphatic imine (C=N–C) groups is 1. The van der Waals surface area contributed by atoms with Crippen LogP contribution in [0.15, 0.2) is 35.5 Å². The van der Waals surface area contributed by atoms with Crippen molar-refractivity contribution in [3.63, 3.8) is 0 Å². The lowest BCUT2D eigenvalue weighted by Gasteiger charge is -2.10. The molecule has 2 aromatic rings.